The fourth-order valence-corrected chi connectivity index (χ4v) is 3.00. The average molecular weight is 315 g/mol. The number of carbonyl (C=O) groups is 1. The molecule has 0 unspecified atom stereocenters. The molecule has 1 N–H and O–H groups in total. The maximum Gasteiger partial charge on any atom is 0.253 e. The first-order valence-electron chi connectivity index (χ1n) is 7.41. The molecule has 22 heavy (non-hydrogen) atoms. The Morgan fingerprint density at radius 1 is 1.09 bits per heavy atom. The molecule has 0 aliphatic carbocycles. The van der Waals surface area contributed by atoms with Gasteiger partial charge in [-0.2, -0.15) is 0 Å². The van der Waals surface area contributed by atoms with E-state index in [0.29, 0.717) is 18.7 Å². The molecule has 2 aromatic rings. The van der Waals surface area contributed by atoms with Gasteiger partial charge in [0.05, 0.1) is 6.61 Å². The molecule has 0 radical (unpaired) electrons. The van der Waals surface area contributed by atoms with E-state index >= 15 is 0 Å². The van der Waals surface area contributed by atoms with Crippen molar-refractivity contribution in [2.24, 2.45) is 0 Å². The summed E-state index contributed by atoms with van der Waals surface area (Å²) in [6.07, 6.45) is 0. The number of aliphatic hydroxyl groups excluding tert-OH is 1. The van der Waals surface area contributed by atoms with Crippen molar-refractivity contribution in [3.8, 4) is 0 Å². The van der Waals surface area contributed by atoms with Gasteiger partial charge in [0.1, 0.15) is 0 Å². The van der Waals surface area contributed by atoms with E-state index in [-0.39, 0.29) is 12.5 Å². The van der Waals surface area contributed by atoms with Gasteiger partial charge in [-0.1, -0.05) is 30.3 Å². The number of benzene rings is 2. The van der Waals surface area contributed by atoms with Gasteiger partial charge in [0.15, 0.2) is 0 Å². The SMILES string of the molecule is CCN(CCO)C(=O)c1ccc(SCc2ccccc2)cc1. The second kappa shape index (κ2) is 8.61. The van der Waals surface area contributed by atoms with E-state index in [0.717, 1.165) is 10.6 Å². The molecule has 3 nitrogen and oxygen atoms in total. The third kappa shape index (κ3) is 4.61. The third-order valence-corrected chi connectivity index (χ3v) is 4.47. The van der Waals surface area contributed by atoms with Gasteiger partial charge in [0.2, 0.25) is 0 Å². The van der Waals surface area contributed by atoms with Crippen LogP contribution in [-0.4, -0.2) is 35.6 Å². The monoisotopic (exact) mass is 315 g/mol. The number of nitrogens with zero attached hydrogens (tertiary/aromatic N) is 1. The van der Waals surface area contributed by atoms with E-state index in [1.54, 1.807) is 16.7 Å². The Morgan fingerprint density at radius 2 is 1.77 bits per heavy atom. The standard InChI is InChI=1S/C18H21NO2S/c1-2-19(12-13-20)18(21)16-8-10-17(11-9-16)22-14-15-6-4-3-5-7-15/h3-11,20H,2,12-14H2,1H3. The molecule has 2 rings (SSSR count). The minimum Gasteiger partial charge on any atom is -0.395 e. The molecule has 2 aromatic carbocycles. The van der Waals surface area contributed by atoms with Crippen LogP contribution in [0.5, 0.6) is 0 Å². The first kappa shape index (κ1) is 16.6. The summed E-state index contributed by atoms with van der Waals surface area (Å²) < 4.78 is 0. The molecule has 4 heteroatoms. The highest BCUT2D eigenvalue weighted by Crippen LogP contribution is 2.23. The van der Waals surface area contributed by atoms with Crippen LogP contribution in [0.25, 0.3) is 0 Å². The maximum absolute atomic E-state index is 12.3. The second-order valence-electron chi connectivity index (χ2n) is 4.91. The Balaban J connectivity index is 1.96. The van der Waals surface area contributed by atoms with Crippen LogP contribution in [0.4, 0.5) is 0 Å². The minimum absolute atomic E-state index is 0.00933. The van der Waals surface area contributed by atoms with Crippen molar-refractivity contribution in [3.63, 3.8) is 0 Å². The smallest absolute Gasteiger partial charge is 0.253 e. The molecule has 0 saturated carbocycles. The lowest BCUT2D eigenvalue weighted by Crippen LogP contribution is -2.33. The number of likely N-dealkylation sites (N-methyl/N-ethyl adjacent to an activating group) is 1. The van der Waals surface area contributed by atoms with Crippen LogP contribution in [-0.2, 0) is 5.75 Å². The van der Waals surface area contributed by atoms with Crippen molar-refractivity contribution in [1.82, 2.24) is 4.90 Å². The van der Waals surface area contributed by atoms with Crippen LogP contribution in [0.1, 0.15) is 22.8 Å². The van der Waals surface area contributed by atoms with Crippen molar-refractivity contribution in [2.45, 2.75) is 17.6 Å². The molecule has 0 heterocycles. The number of hydrogen-bond donors (Lipinski definition) is 1. The molecule has 0 bridgehead atoms. The van der Waals surface area contributed by atoms with Crippen LogP contribution in [0.15, 0.2) is 59.5 Å². The van der Waals surface area contributed by atoms with Gasteiger partial charge in [-0.05, 0) is 36.8 Å². The van der Waals surface area contributed by atoms with Gasteiger partial charge < -0.3 is 10.0 Å². The van der Waals surface area contributed by atoms with Crippen LogP contribution in [0.3, 0.4) is 0 Å². The van der Waals surface area contributed by atoms with E-state index in [1.165, 1.54) is 5.56 Å². The van der Waals surface area contributed by atoms with Gasteiger partial charge in [0, 0.05) is 29.3 Å². The lowest BCUT2D eigenvalue weighted by Gasteiger charge is -2.19. The number of rotatable bonds is 7. The number of aliphatic hydroxyl groups is 1. The number of hydrogen-bond acceptors (Lipinski definition) is 3. The number of amides is 1. The van der Waals surface area contributed by atoms with Crippen molar-refractivity contribution < 1.29 is 9.90 Å². The summed E-state index contributed by atoms with van der Waals surface area (Å²) in [7, 11) is 0. The molecule has 0 aliphatic rings. The van der Waals surface area contributed by atoms with Crippen LogP contribution >= 0.6 is 11.8 Å². The summed E-state index contributed by atoms with van der Waals surface area (Å²) in [5, 5.41) is 8.99. The highest BCUT2D eigenvalue weighted by atomic mass is 32.2. The van der Waals surface area contributed by atoms with Crippen LogP contribution in [0, 0.1) is 0 Å². The number of carbonyl (C=O) groups excluding carboxylic acids is 1. The van der Waals surface area contributed by atoms with Gasteiger partial charge in [-0.25, -0.2) is 0 Å². The largest absolute Gasteiger partial charge is 0.395 e. The first-order chi connectivity index (χ1) is 10.7. The fourth-order valence-electron chi connectivity index (χ4n) is 2.14. The van der Waals surface area contributed by atoms with E-state index in [1.807, 2.05) is 49.4 Å². The Hall–Kier alpha value is -1.78. The first-order valence-corrected chi connectivity index (χ1v) is 8.40. The summed E-state index contributed by atoms with van der Waals surface area (Å²) >= 11 is 1.75. The van der Waals surface area contributed by atoms with Crippen molar-refractivity contribution in [2.75, 3.05) is 19.7 Å². The van der Waals surface area contributed by atoms with Gasteiger partial charge in [-0.3, -0.25) is 4.79 Å². The summed E-state index contributed by atoms with van der Waals surface area (Å²) in [6.45, 7) is 2.88. The predicted molar refractivity (Wildman–Crippen MR) is 91.1 cm³/mol. The quantitative estimate of drug-likeness (QED) is 0.796. The normalized spacial score (nSPS) is 10.5. The molecule has 116 valence electrons. The predicted octanol–water partition coefficient (Wildman–Crippen LogP) is 3.43. The summed E-state index contributed by atoms with van der Waals surface area (Å²) in [6, 6.07) is 18.0. The minimum atomic E-state index is -0.0313. The molecule has 0 aliphatic heterocycles. The zero-order valence-electron chi connectivity index (χ0n) is 12.7. The third-order valence-electron chi connectivity index (χ3n) is 3.39. The van der Waals surface area contributed by atoms with E-state index in [4.69, 9.17) is 5.11 Å². The molecule has 1 amide bonds. The Kier molecular flexibility index (Phi) is 6.49. The highest BCUT2D eigenvalue weighted by molar-refractivity contribution is 7.98. The second-order valence-corrected chi connectivity index (χ2v) is 5.96. The van der Waals surface area contributed by atoms with Crippen LogP contribution < -0.4 is 0 Å². The van der Waals surface area contributed by atoms with Gasteiger partial charge >= 0.3 is 0 Å². The molecule has 0 aromatic heterocycles. The lowest BCUT2D eigenvalue weighted by atomic mass is 10.2. The van der Waals surface area contributed by atoms with Crippen molar-refractivity contribution in [1.29, 1.82) is 0 Å². The van der Waals surface area contributed by atoms with Gasteiger partial charge in [0.25, 0.3) is 5.91 Å². The molecule has 0 spiro atoms. The van der Waals surface area contributed by atoms with Crippen molar-refractivity contribution in [3.05, 3.63) is 65.7 Å². The van der Waals surface area contributed by atoms with E-state index in [2.05, 4.69) is 12.1 Å². The average Bonchev–Trinajstić information content (AvgIpc) is 2.58. The zero-order chi connectivity index (χ0) is 15.8. The molecule has 0 fully saturated rings. The topological polar surface area (TPSA) is 40.5 Å². The Morgan fingerprint density at radius 3 is 2.36 bits per heavy atom. The molecule has 0 saturated heterocycles. The summed E-state index contributed by atoms with van der Waals surface area (Å²) in [5.41, 5.74) is 1.95. The lowest BCUT2D eigenvalue weighted by molar-refractivity contribution is 0.0732. The Labute approximate surface area is 136 Å². The van der Waals surface area contributed by atoms with E-state index in [9.17, 15) is 4.79 Å². The summed E-state index contributed by atoms with van der Waals surface area (Å²) in [4.78, 5) is 15.1. The van der Waals surface area contributed by atoms with E-state index < -0.39 is 0 Å². The molecular weight excluding hydrogens is 294 g/mol. The summed E-state index contributed by atoms with van der Waals surface area (Å²) in [5.74, 6) is 0.885. The zero-order valence-corrected chi connectivity index (χ0v) is 13.6. The number of thioether (sulfide) groups is 1. The Bertz CT molecular complexity index is 584. The molecule has 0 atom stereocenters. The van der Waals surface area contributed by atoms with Crippen LogP contribution in [0.2, 0.25) is 0 Å². The van der Waals surface area contributed by atoms with Gasteiger partial charge in [-0.15, -0.1) is 11.8 Å². The highest BCUT2D eigenvalue weighted by Gasteiger charge is 2.13. The van der Waals surface area contributed by atoms with Crippen molar-refractivity contribution >= 4 is 17.7 Å². The molecular formula is C18H21NO2S. The fraction of sp³-hybridized carbons (Fsp3) is 0.278. The maximum atomic E-state index is 12.3.